The molecule has 1 saturated heterocycles. The first-order valence-electron chi connectivity index (χ1n) is 4.57. The first-order chi connectivity index (χ1) is 5.20. The van der Waals surface area contributed by atoms with E-state index in [1.165, 1.54) is 0 Å². The first-order valence-corrected chi connectivity index (χ1v) is 4.57. The molecular weight excluding hydrogens is 141 g/mol. The maximum absolute atomic E-state index is 12.5. The van der Waals surface area contributed by atoms with Crippen molar-refractivity contribution in [3.63, 3.8) is 0 Å². The molecule has 0 aliphatic carbocycles. The molecule has 0 saturated carbocycles. The Kier molecular flexibility index (Phi) is 5.47. The van der Waals surface area contributed by atoms with Crippen molar-refractivity contribution in [1.82, 2.24) is 5.32 Å². The minimum Gasteiger partial charge on any atom is -0.311 e. The van der Waals surface area contributed by atoms with Gasteiger partial charge in [0.15, 0.2) is 0 Å². The number of alkyl halides is 1. The molecule has 0 aromatic rings. The Morgan fingerprint density at radius 2 is 1.91 bits per heavy atom. The van der Waals surface area contributed by atoms with Crippen molar-refractivity contribution >= 4 is 0 Å². The molecular formula is C9H20FN. The fraction of sp³-hybridized carbons (Fsp3) is 1.00. The molecule has 11 heavy (non-hydrogen) atoms. The van der Waals surface area contributed by atoms with Gasteiger partial charge in [-0.05, 0) is 12.3 Å². The quantitative estimate of drug-likeness (QED) is 0.622. The summed E-state index contributed by atoms with van der Waals surface area (Å²) in [5.41, 5.74) is 0. The van der Waals surface area contributed by atoms with Crippen LogP contribution in [0.2, 0.25) is 0 Å². The Morgan fingerprint density at radius 1 is 1.36 bits per heavy atom. The molecule has 1 aliphatic rings. The van der Waals surface area contributed by atoms with Gasteiger partial charge in [-0.1, -0.05) is 27.7 Å². The summed E-state index contributed by atoms with van der Waals surface area (Å²) >= 11 is 0. The number of nitrogens with one attached hydrogen (secondary N) is 1. The maximum atomic E-state index is 12.5. The molecule has 1 aliphatic heterocycles. The zero-order valence-electron chi connectivity index (χ0n) is 8.02. The van der Waals surface area contributed by atoms with Crippen LogP contribution in [0.3, 0.4) is 0 Å². The van der Waals surface area contributed by atoms with Gasteiger partial charge in [-0.3, -0.25) is 0 Å². The van der Waals surface area contributed by atoms with Gasteiger partial charge in [0.1, 0.15) is 6.17 Å². The summed E-state index contributed by atoms with van der Waals surface area (Å²) in [6, 6.07) is 0.417. The Hall–Kier alpha value is -0.110. The molecule has 2 heteroatoms. The molecule has 68 valence electrons. The standard InChI is InChI=1S/C7H14FN.C2H6/c1-5(2)7-3-6(8)4-9-7;1-2/h5-7,9H,3-4H2,1-2H3;1-2H3. The number of hydrogen-bond donors (Lipinski definition) is 1. The van der Waals surface area contributed by atoms with E-state index in [0.29, 0.717) is 24.9 Å². The van der Waals surface area contributed by atoms with E-state index < -0.39 is 6.17 Å². The van der Waals surface area contributed by atoms with Crippen LogP contribution in [0.1, 0.15) is 34.1 Å². The van der Waals surface area contributed by atoms with Crippen LogP contribution in [0.4, 0.5) is 4.39 Å². The lowest BCUT2D eigenvalue weighted by Gasteiger charge is -2.12. The van der Waals surface area contributed by atoms with Crippen molar-refractivity contribution in [3.05, 3.63) is 0 Å². The van der Waals surface area contributed by atoms with Crippen LogP contribution >= 0.6 is 0 Å². The minimum atomic E-state index is -0.600. The Labute approximate surface area is 69.4 Å². The number of halogens is 1. The molecule has 1 nitrogen and oxygen atoms in total. The lowest BCUT2D eigenvalue weighted by Crippen LogP contribution is -2.26. The molecule has 2 atom stereocenters. The Morgan fingerprint density at radius 3 is 2.09 bits per heavy atom. The molecule has 1 fully saturated rings. The normalized spacial score (nSPS) is 30.0. The van der Waals surface area contributed by atoms with Crippen LogP contribution in [-0.2, 0) is 0 Å². The highest BCUT2D eigenvalue weighted by Gasteiger charge is 2.25. The van der Waals surface area contributed by atoms with Crippen molar-refractivity contribution in [3.8, 4) is 0 Å². The van der Waals surface area contributed by atoms with Gasteiger partial charge in [-0.2, -0.15) is 0 Å². The van der Waals surface area contributed by atoms with Gasteiger partial charge in [0.25, 0.3) is 0 Å². The average Bonchev–Trinajstić information content (AvgIpc) is 2.40. The number of rotatable bonds is 1. The van der Waals surface area contributed by atoms with Gasteiger partial charge >= 0.3 is 0 Å². The summed E-state index contributed by atoms with van der Waals surface area (Å²) in [5, 5.41) is 3.13. The van der Waals surface area contributed by atoms with Crippen LogP contribution < -0.4 is 5.32 Å². The largest absolute Gasteiger partial charge is 0.311 e. The predicted octanol–water partition coefficient (Wildman–Crippen LogP) is 2.37. The second-order valence-corrected chi connectivity index (χ2v) is 3.09. The Bertz CT molecular complexity index is 93.6. The van der Waals surface area contributed by atoms with Gasteiger partial charge in [-0.25, -0.2) is 4.39 Å². The molecule has 0 aromatic carbocycles. The molecule has 0 spiro atoms. The minimum absolute atomic E-state index is 0.417. The second-order valence-electron chi connectivity index (χ2n) is 3.09. The molecule has 0 amide bonds. The third-order valence-electron chi connectivity index (χ3n) is 1.92. The number of hydrogen-bond acceptors (Lipinski definition) is 1. The zero-order valence-corrected chi connectivity index (χ0v) is 8.02. The van der Waals surface area contributed by atoms with Crippen molar-refractivity contribution in [2.24, 2.45) is 5.92 Å². The van der Waals surface area contributed by atoms with Gasteiger partial charge in [0.05, 0.1) is 0 Å². The van der Waals surface area contributed by atoms with Crippen LogP contribution in [-0.4, -0.2) is 18.8 Å². The summed E-state index contributed by atoms with van der Waals surface area (Å²) in [7, 11) is 0. The van der Waals surface area contributed by atoms with Crippen molar-refractivity contribution < 1.29 is 4.39 Å². The van der Waals surface area contributed by atoms with E-state index in [1.54, 1.807) is 0 Å². The molecule has 2 unspecified atom stereocenters. The third-order valence-corrected chi connectivity index (χ3v) is 1.92. The summed E-state index contributed by atoms with van der Waals surface area (Å²) in [4.78, 5) is 0. The van der Waals surface area contributed by atoms with E-state index in [-0.39, 0.29) is 0 Å². The van der Waals surface area contributed by atoms with E-state index in [2.05, 4.69) is 19.2 Å². The summed E-state index contributed by atoms with van der Waals surface area (Å²) in [6.07, 6.45) is 0.106. The van der Waals surface area contributed by atoms with Crippen LogP contribution in [0.15, 0.2) is 0 Å². The molecule has 0 bridgehead atoms. The van der Waals surface area contributed by atoms with Crippen LogP contribution in [0.25, 0.3) is 0 Å². The summed E-state index contributed by atoms with van der Waals surface area (Å²) in [5.74, 6) is 0.575. The zero-order chi connectivity index (χ0) is 8.85. The van der Waals surface area contributed by atoms with Gasteiger partial charge < -0.3 is 5.32 Å². The summed E-state index contributed by atoms with van der Waals surface area (Å²) in [6.45, 7) is 8.80. The highest BCUT2D eigenvalue weighted by atomic mass is 19.1. The highest BCUT2D eigenvalue weighted by molar-refractivity contribution is 4.82. The molecule has 1 rings (SSSR count). The first kappa shape index (κ1) is 10.9. The van der Waals surface area contributed by atoms with Crippen molar-refractivity contribution in [2.45, 2.75) is 46.3 Å². The fourth-order valence-electron chi connectivity index (χ4n) is 1.23. The molecule has 0 aromatic heterocycles. The third kappa shape index (κ3) is 3.71. The molecule has 1 N–H and O–H groups in total. The summed E-state index contributed by atoms with van der Waals surface area (Å²) < 4.78 is 12.5. The lowest BCUT2D eigenvalue weighted by molar-refractivity contribution is 0.344. The van der Waals surface area contributed by atoms with Crippen molar-refractivity contribution in [2.75, 3.05) is 6.54 Å². The monoisotopic (exact) mass is 161 g/mol. The van der Waals surface area contributed by atoms with Gasteiger partial charge in [0.2, 0.25) is 0 Å². The average molecular weight is 161 g/mol. The van der Waals surface area contributed by atoms with E-state index in [1.807, 2.05) is 13.8 Å². The van der Waals surface area contributed by atoms with Crippen LogP contribution in [0, 0.1) is 5.92 Å². The Balaban J connectivity index is 0.000000461. The second kappa shape index (κ2) is 5.53. The highest BCUT2D eigenvalue weighted by Crippen LogP contribution is 2.16. The van der Waals surface area contributed by atoms with Gasteiger partial charge in [-0.15, -0.1) is 0 Å². The van der Waals surface area contributed by atoms with Crippen molar-refractivity contribution in [1.29, 1.82) is 0 Å². The lowest BCUT2D eigenvalue weighted by atomic mass is 10.0. The fourth-order valence-corrected chi connectivity index (χ4v) is 1.23. The van der Waals surface area contributed by atoms with E-state index in [0.717, 1.165) is 0 Å². The topological polar surface area (TPSA) is 12.0 Å². The van der Waals surface area contributed by atoms with E-state index in [9.17, 15) is 4.39 Å². The maximum Gasteiger partial charge on any atom is 0.114 e. The van der Waals surface area contributed by atoms with E-state index in [4.69, 9.17) is 0 Å². The van der Waals surface area contributed by atoms with E-state index >= 15 is 0 Å². The SMILES string of the molecule is CC.CC(C)C1CC(F)CN1. The smallest absolute Gasteiger partial charge is 0.114 e. The molecule has 0 radical (unpaired) electrons. The van der Waals surface area contributed by atoms with Gasteiger partial charge in [0, 0.05) is 12.6 Å². The van der Waals surface area contributed by atoms with Crippen LogP contribution in [0.5, 0.6) is 0 Å². The molecule has 1 heterocycles. The predicted molar refractivity (Wildman–Crippen MR) is 47.5 cm³/mol.